The van der Waals surface area contributed by atoms with Gasteiger partial charge in [0, 0.05) is 19.5 Å². The molecule has 0 aliphatic heterocycles. The number of alkyl halides is 3. The third kappa shape index (κ3) is 6.66. The van der Waals surface area contributed by atoms with E-state index in [-0.39, 0.29) is 24.6 Å². The quantitative estimate of drug-likeness (QED) is 0.829. The number of carbonyl (C=O) groups is 1. The molecule has 1 amide bonds. The van der Waals surface area contributed by atoms with Crippen molar-refractivity contribution < 1.29 is 22.7 Å². The van der Waals surface area contributed by atoms with Crippen LogP contribution in [0.15, 0.2) is 24.3 Å². The molecule has 0 atom stereocenters. The molecule has 0 aromatic heterocycles. The van der Waals surface area contributed by atoms with Crippen LogP contribution in [0.5, 0.6) is 5.75 Å². The van der Waals surface area contributed by atoms with Crippen molar-refractivity contribution in [3.63, 3.8) is 0 Å². The summed E-state index contributed by atoms with van der Waals surface area (Å²) in [7, 11) is 0. The molecule has 3 N–H and O–H groups in total. The van der Waals surface area contributed by atoms with Crippen molar-refractivity contribution in [2.45, 2.75) is 19.2 Å². The summed E-state index contributed by atoms with van der Waals surface area (Å²) in [5.74, 6) is -0.400. The Balaban J connectivity index is 2.38. The number of rotatable bonds is 6. The molecule has 0 heterocycles. The predicted octanol–water partition coefficient (Wildman–Crippen LogP) is 1.59. The van der Waals surface area contributed by atoms with E-state index in [9.17, 15) is 18.0 Å². The molecule has 0 saturated heterocycles. The predicted molar refractivity (Wildman–Crippen MR) is 63.5 cm³/mol. The summed E-state index contributed by atoms with van der Waals surface area (Å²) in [6.07, 6.45) is -3.89. The first-order valence-corrected chi connectivity index (χ1v) is 5.72. The Kier molecular flexibility index (Phi) is 5.62. The van der Waals surface area contributed by atoms with Crippen LogP contribution in [0.25, 0.3) is 0 Å². The highest BCUT2D eigenvalue weighted by atomic mass is 19.4. The third-order valence-electron chi connectivity index (χ3n) is 2.26. The maximum Gasteiger partial charge on any atom is 0.573 e. The molecule has 1 aromatic carbocycles. The van der Waals surface area contributed by atoms with Gasteiger partial charge in [0.25, 0.3) is 0 Å². The van der Waals surface area contributed by atoms with Crippen molar-refractivity contribution in [2.24, 2.45) is 5.73 Å². The summed E-state index contributed by atoms with van der Waals surface area (Å²) in [5.41, 5.74) is 6.02. The zero-order chi connectivity index (χ0) is 14.3. The minimum atomic E-state index is -4.68. The average molecular weight is 276 g/mol. The lowest BCUT2D eigenvalue weighted by Crippen LogP contribution is -2.27. The number of benzene rings is 1. The summed E-state index contributed by atoms with van der Waals surface area (Å²) in [6.45, 7) is 0.702. The number of ether oxygens (including phenoxy) is 1. The van der Waals surface area contributed by atoms with Crippen LogP contribution in [0.4, 0.5) is 13.2 Å². The number of halogens is 3. The van der Waals surface area contributed by atoms with Crippen molar-refractivity contribution >= 4 is 5.91 Å². The zero-order valence-corrected chi connectivity index (χ0v) is 10.2. The van der Waals surface area contributed by atoms with E-state index >= 15 is 0 Å². The molecule has 19 heavy (non-hydrogen) atoms. The highest BCUT2D eigenvalue weighted by molar-refractivity contribution is 5.75. The number of nitrogens with one attached hydrogen (secondary N) is 1. The summed E-state index contributed by atoms with van der Waals surface area (Å²) in [4.78, 5) is 11.1. The zero-order valence-electron chi connectivity index (χ0n) is 10.2. The van der Waals surface area contributed by atoms with Crippen LogP contribution >= 0.6 is 0 Å². The van der Waals surface area contributed by atoms with Gasteiger partial charge in [-0.15, -0.1) is 13.2 Å². The maximum absolute atomic E-state index is 11.9. The fraction of sp³-hybridized carbons (Fsp3) is 0.417. The number of amides is 1. The molecule has 106 valence electrons. The van der Waals surface area contributed by atoms with E-state index in [2.05, 4.69) is 10.1 Å². The Hall–Kier alpha value is -1.76. The second-order valence-electron chi connectivity index (χ2n) is 3.83. The van der Waals surface area contributed by atoms with Crippen LogP contribution in [-0.4, -0.2) is 25.4 Å². The van der Waals surface area contributed by atoms with Crippen LogP contribution in [0.1, 0.15) is 12.0 Å². The summed E-state index contributed by atoms with van der Waals surface area (Å²) >= 11 is 0. The molecule has 0 fully saturated rings. The lowest BCUT2D eigenvalue weighted by Gasteiger charge is -2.09. The lowest BCUT2D eigenvalue weighted by molar-refractivity contribution is -0.274. The smallest absolute Gasteiger partial charge is 0.406 e. The number of carbonyl (C=O) groups excluding carboxylic acids is 1. The topological polar surface area (TPSA) is 64.4 Å². The molecule has 1 rings (SSSR count). The standard InChI is InChI=1S/C12H15F3N2O2/c13-12(14,15)19-10-3-1-9(2-4-10)6-8-17-11(18)5-7-16/h1-4H,5-8,16H2,(H,17,18). The Bertz CT molecular complexity index is 404. The second-order valence-corrected chi connectivity index (χ2v) is 3.83. The Morgan fingerprint density at radius 2 is 1.89 bits per heavy atom. The summed E-state index contributed by atoms with van der Waals surface area (Å²) < 4.78 is 39.5. The molecular formula is C12H15F3N2O2. The minimum absolute atomic E-state index is 0.139. The van der Waals surface area contributed by atoms with Gasteiger partial charge in [-0.1, -0.05) is 12.1 Å². The van der Waals surface area contributed by atoms with Crippen LogP contribution in [0.2, 0.25) is 0 Å². The first-order valence-electron chi connectivity index (χ1n) is 5.72. The van der Waals surface area contributed by atoms with E-state index in [1.54, 1.807) is 0 Å². The molecule has 0 spiro atoms. The van der Waals surface area contributed by atoms with Crippen molar-refractivity contribution in [3.8, 4) is 5.75 Å². The van der Waals surface area contributed by atoms with Gasteiger partial charge in [-0.25, -0.2) is 0 Å². The van der Waals surface area contributed by atoms with E-state index in [0.717, 1.165) is 5.56 Å². The van der Waals surface area contributed by atoms with E-state index < -0.39 is 6.36 Å². The Morgan fingerprint density at radius 1 is 1.26 bits per heavy atom. The Morgan fingerprint density at radius 3 is 2.42 bits per heavy atom. The summed E-state index contributed by atoms with van der Waals surface area (Å²) in [5, 5.41) is 2.65. The van der Waals surface area contributed by atoms with Crippen LogP contribution < -0.4 is 15.8 Å². The van der Waals surface area contributed by atoms with E-state index in [0.29, 0.717) is 13.0 Å². The monoisotopic (exact) mass is 276 g/mol. The molecule has 1 aromatic rings. The van der Waals surface area contributed by atoms with E-state index in [1.807, 2.05) is 0 Å². The highest BCUT2D eigenvalue weighted by Crippen LogP contribution is 2.22. The number of hydrogen-bond donors (Lipinski definition) is 2. The van der Waals surface area contributed by atoms with Gasteiger partial charge in [-0.2, -0.15) is 0 Å². The molecule has 0 aliphatic rings. The SMILES string of the molecule is NCCC(=O)NCCc1ccc(OC(F)(F)F)cc1. The fourth-order valence-corrected chi connectivity index (χ4v) is 1.42. The fourth-order valence-electron chi connectivity index (χ4n) is 1.42. The van der Waals surface area contributed by atoms with Gasteiger partial charge < -0.3 is 15.8 Å². The summed E-state index contributed by atoms with van der Waals surface area (Å²) in [6, 6.07) is 5.53. The van der Waals surface area contributed by atoms with Gasteiger partial charge in [-0.3, -0.25) is 4.79 Å². The molecule has 4 nitrogen and oxygen atoms in total. The third-order valence-corrected chi connectivity index (χ3v) is 2.26. The lowest BCUT2D eigenvalue weighted by atomic mass is 10.1. The Labute approximate surface area is 108 Å². The number of nitrogens with two attached hydrogens (primary N) is 1. The van der Waals surface area contributed by atoms with Gasteiger partial charge in [0.05, 0.1) is 0 Å². The molecule has 0 radical (unpaired) electrons. The molecule has 7 heteroatoms. The van der Waals surface area contributed by atoms with Gasteiger partial charge in [-0.05, 0) is 24.1 Å². The van der Waals surface area contributed by atoms with Crippen molar-refractivity contribution in [1.82, 2.24) is 5.32 Å². The normalized spacial score (nSPS) is 11.2. The van der Waals surface area contributed by atoms with Crippen molar-refractivity contribution in [1.29, 1.82) is 0 Å². The van der Waals surface area contributed by atoms with E-state index in [4.69, 9.17) is 5.73 Å². The van der Waals surface area contributed by atoms with Gasteiger partial charge >= 0.3 is 6.36 Å². The van der Waals surface area contributed by atoms with Gasteiger partial charge in [0.15, 0.2) is 0 Å². The maximum atomic E-state index is 11.9. The van der Waals surface area contributed by atoms with E-state index in [1.165, 1.54) is 24.3 Å². The largest absolute Gasteiger partial charge is 0.573 e. The van der Waals surface area contributed by atoms with Crippen LogP contribution in [0.3, 0.4) is 0 Å². The molecule has 0 aliphatic carbocycles. The molecule has 0 unspecified atom stereocenters. The first kappa shape index (κ1) is 15.3. The molecular weight excluding hydrogens is 261 g/mol. The highest BCUT2D eigenvalue weighted by Gasteiger charge is 2.30. The second kappa shape index (κ2) is 6.98. The van der Waals surface area contributed by atoms with Gasteiger partial charge in [0.1, 0.15) is 5.75 Å². The minimum Gasteiger partial charge on any atom is -0.406 e. The molecule has 0 bridgehead atoms. The van der Waals surface area contributed by atoms with Crippen molar-refractivity contribution in [3.05, 3.63) is 29.8 Å². The molecule has 0 saturated carbocycles. The number of hydrogen-bond acceptors (Lipinski definition) is 3. The van der Waals surface area contributed by atoms with Crippen LogP contribution in [0, 0.1) is 0 Å². The van der Waals surface area contributed by atoms with Gasteiger partial charge in [0.2, 0.25) is 5.91 Å². The first-order chi connectivity index (χ1) is 8.90. The van der Waals surface area contributed by atoms with Crippen LogP contribution in [-0.2, 0) is 11.2 Å². The average Bonchev–Trinajstić information content (AvgIpc) is 2.30. The van der Waals surface area contributed by atoms with Crippen molar-refractivity contribution in [2.75, 3.05) is 13.1 Å².